The molecule has 0 aliphatic heterocycles. The molecule has 122 valence electrons. The van der Waals surface area contributed by atoms with Crippen molar-refractivity contribution in [1.29, 1.82) is 0 Å². The minimum Gasteiger partial charge on any atom is -0.357 e. The molecule has 2 aromatic rings. The van der Waals surface area contributed by atoms with Gasteiger partial charge in [0, 0.05) is 18.2 Å². The van der Waals surface area contributed by atoms with Crippen LogP contribution in [0.2, 0.25) is 0 Å². The van der Waals surface area contributed by atoms with E-state index in [0.29, 0.717) is 0 Å². The number of nitro benzene ring substituents is 3. The average Bonchev–Trinajstić information content (AvgIpc) is 2.55. The van der Waals surface area contributed by atoms with Crippen molar-refractivity contribution in [1.82, 2.24) is 0 Å². The van der Waals surface area contributed by atoms with Crippen LogP contribution in [0, 0.1) is 30.3 Å². The van der Waals surface area contributed by atoms with E-state index in [1.807, 2.05) is 0 Å². The van der Waals surface area contributed by atoms with E-state index in [-0.39, 0.29) is 17.0 Å². The van der Waals surface area contributed by atoms with Gasteiger partial charge in [-0.25, -0.2) is 0 Å². The normalized spacial score (nSPS) is 10.5. The quantitative estimate of drug-likeness (QED) is 0.448. The maximum atomic E-state index is 10.9. The van der Waals surface area contributed by atoms with E-state index in [4.69, 9.17) is 4.84 Å². The third-order valence-corrected chi connectivity index (χ3v) is 2.82. The van der Waals surface area contributed by atoms with E-state index < -0.39 is 26.1 Å². The summed E-state index contributed by atoms with van der Waals surface area (Å²) in [7, 11) is 0. The van der Waals surface area contributed by atoms with Crippen LogP contribution in [0.4, 0.5) is 17.1 Å². The van der Waals surface area contributed by atoms with Gasteiger partial charge in [0.05, 0.1) is 32.6 Å². The van der Waals surface area contributed by atoms with E-state index in [1.54, 1.807) is 0 Å². The van der Waals surface area contributed by atoms with Gasteiger partial charge < -0.3 is 4.84 Å². The summed E-state index contributed by atoms with van der Waals surface area (Å²) in [5, 5.41) is 35.6. The Morgan fingerprint density at radius 3 is 1.96 bits per heavy atom. The van der Waals surface area contributed by atoms with Gasteiger partial charge in [-0.2, -0.15) is 0 Å². The van der Waals surface area contributed by atoms with Crippen molar-refractivity contribution in [2.24, 2.45) is 5.16 Å². The lowest BCUT2D eigenvalue weighted by atomic mass is 10.2. The molecule has 0 saturated heterocycles. The van der Waals surface area contributed by atoms with Crippen LogP contribution in [0.25, 0.3) is 0 Å². The monoisotopic (exact) mass is 332 g/mol. The minimum absolute atomic E-state index is 0.00696. The molecule has 2 aromatic carbocycles. The van der Waals surface area contributed by atoms with Crippen molar-refractivity contribution >= 4 is 23.3 Å². The number of nitrogens with zero attached hydrogens (tertiary/aromatic N) is 4. The summed E-state index contributed by atoms with van der Waals surface area (Å²) in [6.45, 7) is 0. The van der Waals surface area contributed by atoms with Crippen molar-refractivity contribution in [3.8, 4) is 5.75 Å². The number of oxime groups is 1. The van der Waals surface area contributed by atoms with Crippen LogP contribution in [0.1, 0.15) is 5.56 Å². The molecule has 0 amide bonds. The van der Waals surface area contributed by atoms with Gasteiger partial charge in [-0.3, -0.25) is 30.3 Å². The van der Waals surface area contributed by atoms with E-state index >= 15 is 0 Å². The van der Waals surface area contributed by atoms with Gasteiger partial charge in [0.2, 0.25) is 0 Å². The van der Waals surface area contributed by atoms with Crippen molar-refractivity contribution in [2.45, 2.75) is 0 Å². The fourth-order valence-electron chi connectivity index (χ4n) is 1.69. The largest absolute Gasteiger partial charge is 0.357 e. The number of nitro groups is 3. The second-order valence-corrected chi connectivity index (χ2v) is 4.33. The van der Waals surface area contributed by atoms with Crippen molar-refractivity contribution in [2.75, 3.05) is 0 Å². The number of hydrogen-bond acceptors (Lipinski definition) is 8. The Balaban J connectivity index is 2.18. The van der Waals surface area contributed by atoms with E-state index in [1.165, 1.54) is 30.3 Å². The molecule has 0 bridgehead atoms. The second kappa shape index (κ2) is 6.91. The van der Waals surface area contributed by atoms with Gasteiger partial charge in [-0.15, -0.1) is 0 Å². The Kier molecular flexibility index (Phi) is 4.75. The highest BCUT2D eigenvalue weighted by Crippen LogP contribution is 2.23. The van der Waals surface area contributed by atoms with Crippen molar-refractivity contribution in [3.63, 3.8) is 0 Å². The molecule has 0 saturated carbocycles. The Labute approximate surface area is 133 Å². The molecule has 0 aromatic heterocycles. The molecule has 0 N–H and O–H groups in total. The zero-order chi connectivity index (χ0) is 17.7. The van der Waals surface area contributed by atoms with Crippen LogP contribution in [0.3, 0.4) is 0 Å². The van der Waals surface area contributed by atoms with Crippen LogP contribution >= 0.6 is 0 Å². The molecule has 0 unspecified atom stereocenters. The SMILES string of the molecule is O=[N+]([O-])c1ccc(O/N=C/c2ccc([N+](=O)[O-])cc2[N+](=O)[O-])cc1. The molecule has 0 radical (unpaired) electrons. The van der Waals surface area contributed by atoms with Crippen LogP contribution in [0.15, 0.2) is 47.6 Å². The van der Waals surface area contributed by atoms with E-state index in [0.717, 1.165) is 18.3 Å². The summed E-state index contributed by atoms with van der Waals surface area (Å²) in [5.74, 6) is 0.182. The van der Waals surface area contributed by atoms with E-state index in [2.05, 4.69) is 5.16 Å². The summed E-state index contributed by atoms with van der Waals surface area (Å²) in [6.07, 6.45) is 1.02. The fourth-order valence-corrected chi connectivity index (χ4v) is 1.69. The Bertz CT molecular complexity index is 833. The highest BCUT2D eigenvalue weighted by Gasteiger charge is 2.18. The molecular formula is C13H8N4O7. The molecule has 0 fully saturated rings. The molecule has 11 nitrogen and oxygen atoms in total. The van der Waals surface area contributed by atoms with Gasteiger partial charge in [0.25, 0.3) is 17.1 Å². The molecule has 24 heavy (non-hydrogen) atoms. The highest BCUT2D eigenvalue weighted by atomic mass is 16.6. The first kappa shape index (κ1) is 16.5. The number of non-ortho nitro benzene ring substituents is 2. The first-order valence-corrected chi connectivity index (χ1v) is 6.26. The summed E-state index contributed by atoms with van der Waals surface area (Å²) in [6, 6.07) is 8.10. The predicted molar refractivity (Wildman–Crippen MR) is 81.1 cm³/mol. The zero-order valence-electron chi connectivity index (χ0n) is 11.8. The lowest BCUT2D eigenvalue weighted by molar-refractivity contribution is -0.394. The van der Waals surface area contributed by atoms with Crippen molar-refractivity contribution < 1.29 is 19.6 Å². The predicted octanol–water partition coefficient (Wildman–Crippen LogP) is 2.82. The first-order valence-electron chi connectivity index (χ1n) is 6.26. The van der Waals surface area contributed by atoms with Gasteiger partial charge in [0.1, 0.15) is 0 Å². The number of rotatable bonds is 6. The lowest BCUT2D eigenvalue weighted by Gasteiger charge is -1.99. The summed E-state index contributed by atoms with van der Waals surface area (Å²) < 4.78 is 0. The standard InChI is InChI=1S/C13H8N4O7/c18-15(19)10-3-5-12(6-4-10)24-14-8-9-1-2-11(16(20)21)7-13(9)17(22)23/h1-8H/b14-8+. The van der Waals surface area contributed by atoms with Gasteiger partial charge >= 0.3 is 0 Å². The van der Waals surface area contributed by atoms with Crippen LogP contribution < -0.4 is 4.84 Å². The van der Waals surface area contributed by atoms with Gasteiger partial charge in [0.15, 0.2) is 5.75 Å². The first-order chi connectivity index (χ1) is 11.4. The maximum Gasteiger partial charge on any atom is 0.285 e. The molecule has 0 aliphatic carbocycles. The number of hydrogen-bond donors (Lipinski definition) is 0. The zero-order valence-corrected chi connectivity index (χ0v) is 11.8. The highest BCUT2D eigenvalue weighted by molar-refractivity contribution is 5.85. The topological polar surface area (TPSA) is 151 Å². The van der Waals surface area contributed by atoms with E-state index in [9.17, 15) is 30.3 Å². The van der Waals surface area contributed by atoms with Crippen LogP contribution in [-0.4, -0.2) is 21.0 Å². The fraction of sp³-hybridized carbons (Fsp3) is 0. The molecule has 11 heteroatoms. The van der Waals surface area contributed by atoms with Crippen LogP contribution in [0.5, 0.6) is 5.75 Å². The smallest absolute Gasteiger partial charge is 0.285 e. The molecule has 2 rings (SSSR count). The van der Waals surface area contributed by atoms with Crippen molar-refractivity contribution in [3.05, 3.63) is 78.4 Å². The summed E-state index contributed by atoms with van der Waals surface area (Å²) in [5.41, 5.74) is -1.04. The second-order valence-electron chi connectivity index (χ2n) is 4.33. The Hall–Kier alpha value is -3.89. The average molecular weight is 332 g/mol. The van der Waals surface area contributed by atoms with Gasteiger partial charge in [-0.1, -0.05) is 5.16 Å². The van der Waals surface area contributed by atoms with Crippen LogP contribution in [-0.2, 0) is 0 Å². The molecule has 0 heterocycles. The van der Waals surface area contributed by atoms with Gasteiger partial charge in [-0.05, 0) is 18.2 Å². The molecular weight excluding hydrogens is 324 g/mol. The Morgan fingerprint density at radius 1 is 0.833 bits per heavy atom. The third kappa shape index (κ3) is 3.85. The minimum atomic E-state index is -0.778. The summed E-state index contributed by atoms with van der Waals surface area (Å²) >= 11 is 0. The maximum absolute atomic E-state index is 10.9. The molecule has 0 spiro atoms. The third-order valence-electron chi connectivity index (χ3n) is 2.82. The number of benzene rings is 2. The Morgan fingerprint density at radius 2 is 1.42 bits per heavy atom. The lowest BCUT2D eigenvalue weighted by Crippen LogP contribution is -1.98. The summed E-state index contributed by atoms with van der Waals surface area (Å²) in [4.78, 5) is 34.9. The molecule has 0 aliphatic rings. The molecule has 0 atom stereocenters.